The lowest BCUT2D eigenvalue weighted by Gasteiger charge is -2.24. The summed E-state index contributed by atoms with van der Waals surface area (Å²) < 4.78 is 5.78. The van der Waals surface area contributed by atoms with E-state index in [9.17, 15) is 4.79 Å². The Bertz CT molecular complexity index is 434. The van der Waals surface area contributed by atoms with Crippen LogP contribution in [0.3, 0.4) is 0 Å². The number of nitrogens with zero attached hydrogens (tertiary/aromatic N) is 3. The molecular weight excluding hydrogens is 309 g/mol. The molecule has 0 aliphatic heterocycles. The third-order valence-corrected chi connectivity index (χ3v) is 2.45. The van der Waals surface area contributed by atoms with E-state index in [4.69, 9.17) is 16.3 Å². The number of hydrogen-bond acceptors (Lipinski definition) is 4. The van der Waals surface area contributed by atoms with Crippen molar-refractivity contribution < 1.29 is 9.53 Å². The fourth-order valence-electron chi connectivity index (χ4n) is 0.985. The minimum Gasteiger partial charge on any atom is -0.443 e. The number of carbonyl (C=O) groups is 1. The molecule has 5 nitrogen and oxygen atoms in total. The number of carbonyl (C=O) groups excluding carboxylic acids is 1. The van der Waals surface area contributed by atoms with Gasteiger partial charge in [-0.2, -0.15) is 0 Å². The summed E-state index contributed by atoms with van der Waals surface area (Å²) in [5, 5.41) is 7.75. The van der Waals surface area contributed by atoms with Crippen LogP contribution in [0, 0.1) is 0 Å². The molecule has 0 aliphatic rings. The van der Waals surface area contributed by atoms with Crippen molar-refractivity contribution in [2.45, 2.75) is 26.4 Å². The van der Waals surface area contributed by atoms with E-state index in [0.29, 0.717) is 10.3 Å². The van der Waals surface area contributed by atoms with Gasteiger partial charge in [0.15, 0.2) is 11.0 Å². The molecular formula is C10H13BrClN3O2. The first kappa shape index (κ1) is 14.2. The topological polar surface area (TPSA) is 55.3 Å². The molecule has 0 saturated carbocycles. The van der Waals surface area contributed by atoms with Crippen LogP contribution in [0.4, 0.5) is 10.6 Å². The van der Waals surface area contributed by atoms with Gasteiger partial charge < -0.3 is 4.74 Å². The van der Waals surface area contributed by atoms with E-state index >= 15 is 0 Å². The van der Waals surface area contributed by atoms with Gasteiger partial charge in [-0.25, -0.2) is 4.79 Å². The van der Waals surface area contributed by atoms with Crippen molar-refractivity contribution in [3.05, 3.63) is 15.7 Å². The molecule has 1 heterocycles. The lowest BCUT2D eigenvalue weighted by molar-refractivity contribution is 0.0588. The van der Waals surface area contributed by atoms with Crippen molar-refractivity contribution in [3.63, 3.8) is 0 Å². The number of aromatic nitrogens is 2. The van der Waals surface area contributed by atoms with Crippen LogP contribution in [0.25, 0.3) is 0 Å². The zero-order valence-electron chi connectivity index (χ0n) is 9.99. The number of anilines is 1. The summed E-state index contributed by atoms with van der Waals surface area (Å²) in [6.07, 6.45) is -0.505. The van der Waals surface area contributed by atoms with Gasteiger partial charge >= 0.3 is 6.09 Å². The van der Waals surface area contributed by atoms with E-state index in [1.165, 1.54) is 4.90 Å². The Morgan fingerprint density at radius 3 is 2.53 bits per heavy atom. The van der Waals surface area contributed by atoms with Crippen molar-refractivity contribution in [2.75, 3.05) is 11.9 Å². The largest absolute Gasteiger partial charge is 0.443 e. The van der Waals surface area contributed by atoms with Gasteiger partial charge in [-0.3, -0.25) is 4.90 Å². The maximum atomic E-state index is 11.8. The molecule has 1 rings (SSSR count). The van der Waals surface area contributed by atoms with E-state index < -0.39 is 11.7 Å². The van der Waals surface area contributed by atoms with Crippen LogP contribution in [0.15, 0.2) is 10.5 Å². The van der Waals surface area contributed by atoms with Crippen molar-refractivity contribution in [1.82, 2.24) is 10.2 Å². The smallest absolute Gasteiger partial charge is 0.415 e. The van der Waals surface area contributed by atoms with Crippen LogP contribution in [0.1, 0.15) is 20.8 Å². The van der Waals surface area contributed by atoms with Crippen LogP contribution in [0.5, 0.6) is 0 Å². The molecule has 0 spiro atoms. The van der Waals surface area contributed by atoms with Crippen LogP contribution < -0.4 is 4.90 Å². The van der Waals surface area contributed by atoms with Crippen molar-refractivity contribution in [1.29, 1.82) is 0 Å². The maximum Gasteiger partial charge on any atom is 0.415 e. The molecule has 17 heavy (non-hydrogen) atoms. The van der Waals surface area contributed by atoms with Crippen LogP contribution in [-0.4, -0.2) is 28.9 Å². The molecule has 0 aliphatic carbocycles. The Kier molecular flexibility index (Phi) is 4.32. The maximum absolute atomic E-state index is 11.8. The SMILES string of the molecule is CN(C(=O)OC(C)(C)C)c1nnc(Cl)cc1Br. The summed E-state index contributed by atoms with van der Waals surface area (Å²) in [4.78, 5) is 13.0. The first-order valence-corrected chi connectivity index (χ1v) is 6.03. The van der Waals surface area contributed by atoms with E-state index in [-0.39, 0.29) is 5.15 Å². The Hall–Kier alpha value is -0.880. The Balaban J connectivity index is 2.89. The third kappa shape index (κ3) is 4.12. The number of amides is 1. The summed E-state index contributed by atoms with van der Waals surface area (Å²) in [6, 6.07) is 1.56. The second kappa shape index (κ2) is 5.18. The van der Waals surface area contributed by atoms with E-state index in [0.717, 1.165) is 0 Å². The third-order valence-electron chi connectivity index (χ3n) is 1.68. The quantitative estimate of drug-likeness (QED) is 0.796. The molecule has 1 aromatic rings. The minimum absolute atomic E-state index is 0.248. The fourth-order valence-corrected chi connectivity index (χ4v) is 1.83. The molecule has 0 fully saturated rings. The molecule has 1 aromatic heterocycles. The highest BCUT2D eigenvalue weighted by atomic mass is 79.9. The predicted molar refractivity (Wildman–Crippen MR) is 69.4 cm³/mol. The van der Waals surface area contributed by atoms with Crippen LogP contribution in [0.2, 0.25) is 5.15 Å². The van der Waals surface area contributed by atoms with Gasteiger partial charge in [-0.15, -0.1) is 10.2 Å². The molecule has 7 heteroatoms. The summed E-state index contributed by atoms with van der Waals surface area (Å²) in [6.45, 7) is 5.38. The molecule has 0 unspecified atom stereocenters. The van der Waals surface area contributed by atoms with Gasteiger partial charge in [0.2, 0.25) is 0 Å². The van der Waals surface area contributed by atoms with E-state index in [1.807, 2.05) is 0 Å². The van der Waals surface area contributed by atoms with Crippen LogP contribution >= 0.6 is 27.5 Å². The number of ether oxygens (including phenoxy) is 1. The Morgan fingerprint density at radius 2 is 2.06 bits per heavy atom. The van der Waals surface area contributed by atoms with Gasteiger partial charge in [0.05, 0.1) is 4.47 Å². The fraction of sp³-hybridized carbons (Fsp3) is 0.500. The first-order chi connectivity index (χ1) is 7.70. The zero-order valence-corrected chi connectivity index (χ0v) is 12.3. The number of rotatable bonds is 1. The van der Waals surface area contributed by atoms with E-state index in [1.54, 1.807) is 33.9 Å². The van der Waals surface area contributed by atoms with Crippen molar-refractivity contribution in [2.24, 2.45) is 0 Å². The van der Waals surface area contributed by atoms with Gasteiger partial charge in [0.25, 0.3) is 0 Å². The predicted octanol–water partition coefficient (Wildman–Crippen LogP) is 3.26. The molecule has 1 amide bonds. The number of halogens is 2. The van der Waals surface area contributed by atoms with Gasteiger partial charge in [0, 0.05) is 7.05 Å². The molecule has 0 aromatic carbocycles. The van der Waals surface area contributed by atoms with Crippen molar-refractivity contribution in [3.8, 4) is 0 Å². The molecule has 0 saturated heterocycles. The average Bonchev–Trinajstić information content (AvgIpc) is 2.14. The van der Waals surface area contributed by atoms with Crippen LogP contribution in [-0.2, 0) is 4.74 Å². The van der Waals surface area contributed by atoms with Gasteiger partial charge in [-0.1, -0.05) is 11.6 Å². The summed E-state index contributed by atoms with van der Waals surface area (Å²) in [7, 11) is 1.55. The highest BCUT2D eigenvalue weighted by Gasteiger charge is 2.23. The number of hydrogen-bond donors (Lipinski definition) is 0. The summed E-state index contributed by atoms with van der Waals surface area (Å²) in [5.41, 5.74) is -0.558. The Morgan fingerprint density at radius 1 is 1.47 bits per heavy atom. The van der Waals surface area contributed by atoms with Gasteiger partial charge in [0.1, 0.15) is 5.60 Å². The van der Waals surface area contributed by atoms with Crippen molar-refractivity contribution >= 4 is 39.4 Å². The lowest BCUT2D eigenvalue weighted by Crippen LogP contribution is -2.34. The monoisotopic (exact) mass is 321 g/mol. The average molecular weight is 323 g/mol. The summed E-state index contributed by atoms with van der Waals surface area (Å²) >= 11 is 8.93. The second-order valence-corrected chi connectivity index (χ2v) is 5.62. The minimum atomic E-state index is -0.558. The lowest BCUT2D eigenvalue weighted by atomic mass is 10.2. The molecule has 0 N–H and O–H groups in total. The molecule has 94 valence electrons. The molecule has 0 bridgehead atoms. The standard InChI is InChI=1S/C10H13BrClN3O2/c1-10(2,3)17-9(16)15(4)8-6(11)5-7(12)13-14-8/h5H,1-4H3. The Labute approximate surface area is 113 Å². The highest BCUT2D eigenvalue weighted by Crippen LogP contribution is 2.25. The molecule has 0 radical (unpaired) electrons. The highest BCUT2D eigenvalue weighted by molar-refractivity contribution is 9.10. The van der Waals surface area contributed by atoms with Gasteiger partial charge in [-0.05, 0) is 42.8 Å². The summed E-state index contributed by atoms with van der Waals surface area (Å²) in [5.74, 6) is 0.351. The second-order valence-electron chi connectivity index (χ2n) is 4.38. The zero-order chi connectivity index (χ0) is 13.2. The normalized spacial score (nSPS) is 11.2. The van der Waals surface area contributed by atoms with E-state index in [2.05, 4.69) is 26.1 Å². The molecule has 0 atom stereocenters. The first-order valence-electron chi connectivity index (χ1n) is 4.86.